The Kier molecular flexibility index (Phi) is 6.80. The number of fused-ring (bicyclic) bond motifs is 1. The first-order valence-corrected chi connectivity index (χ1v) is 11.1. The number of carbonyl (C=O) groups is 3. The average Bonchev–Trinajstić information content (AvgIpc) is 3.05. The predicted molar refractivity (Wildman–Crippen MR) is 117 cm³/mol. The molecule has 3 amide bonds. The van der Waals surface area contributed by atoms with Crippen LogP contribution in [0.2, 0.25) is 0 Å². The summed E-state index contributed by atoms with van der Waals surface area (Å²) in [5.74, 6) is -0.773. The van der Waals surface area contributed by atoms with Gasteiger partial charge in [0.2, 0.25) is 11.8 Å². The van der Waals surface area contributed by atoms with Crippen LogP contribution in [0.15, 0.2) is 23.0 Å². The maximum atomic E-state index is 13.0. The smallest absolute Gasteiger partial charge is 0.407 e. The monoisotopic (exact) mass is 460 g/mol. The molecule has 178 valence electrons. The first-order valence-electron chi connectivity index (χ1n) is 11.1. The fraction of sp³-hybridized carbons (Fsp3) is 0.545. The van der Waals surface area contributed by atoms with E-state index in [0.29, 0.717) is 57.7 Å². The number of imidazole rings is 1. The van der Waals surface area contributed by atoms with E-state index in [2.05, 4.69) is 5.32 Å². The number of aromatic nitrogens is 2. The molecular formula is C22H28N4O7. The van der Waals surface area contributed by atoms with Crippen LogP contribution in [-0.2, 0) is 32.5 Å². The zero-order valence-corrected chi connectivity index (χ0v) is 18.5. The van der Waals surface area contributed by atoms with Crippen molar-refractivity contribution in [1.82, 2.24) is 19.4 Å². The van der Waals surface area contributed by atoms with Gasteiger partial charge in [0.1, 0.15) is 6.04 Å². The number of nitrogens with zero attached hydrogens (tertiary/aromatic N) is 3. The zero-order valence-electron chi connectivity index (χ0n) is 18.5. The third-order valence-corrected chi connectivity index (χ3v) is 6.16. The predicted octanol–water partition coefficient (Wildman–Crippen LogP) is 0.646. The lowest BCUT2D eigenvalue weighted by Gasteiger charge is -2.30. The van der Waals surface area contributed by atoms with E-state index in [4.69, 9.17) is 14.6 Å². The number of amides is 3. The quantitative estimate of drug-likeness (QED) is 0.458. The Hall–Kier alpha value is -3.18. The summed E-state index contributed by atoms with van der Waals surface area (Å²) in [6.45, 7) is 1.81. The third-order valence-electron chi connectivity index (χ3n) is 6.16. The summed E-state index contributed by atoms with van der Waals surface area (Å²) in [4.78, 5) is 49.3. The van der Waals surface area contributed by atoms with Crippen molar-refractivity contribution in [2.24, 2.45) is 7.05 Å². The number of hydrogen-bond acceptors (Lipinski definition) is 6. The fourth-order valence-corrected chi connectivity index (χ4v) is 4.52. The van der Waals surface area contributed by atoms with E-state index in [-0.39, 0.29) is 24.1 Å². The van der Waals surface area contributed by atoms with Crippen molar-refractivity contribution in [3.8, 4) is 0 Å². The van der Waals surface area contributed by atoms with Gasteiger partial charge in [-0.15, -0.1) is 0 Å². The molecule has 2 atom stereocenters. The molecule has 0 aliphatic carbocycles. The molecule has 2 aromatic rings. The van der Waals surface area contributed by atoms with Crippen LogP contribution in [0.3, 0.4) is 0 Å². The number of carboxylic acid groups (broad SMARTS) is 1. The number of imide groups is 1. The number of para-hydroxylation sites is 1. The molecule has 1 unspecified atom stereocenters. The molecule has 2 aliphatic heterocycles. The molecule has 4 rings (SSSR count). The van der Waals surface area contributed by atoms with Gasteiger partial charge in [0.15, 0.2) is 0 Å². The van der Waals surface area contributed by atoms with Crippen molar-refractivity contribution in [2.75, 3.05) is 32.9 Å². The van der Waals surface area contributed by atoms with Gasteiger partial charge in [-0.3, -0.25) is 24.0 Å². The normalized spacial score (nSPS) is 21.4. The Balaban J connectivity index is 1.40. The van der Waals surface area contributed by atoms with Crippen LogP contribution < -0.4 is 11.0 Å². The van der Waals surface area contributed by atoms with Crippen LogP contribution >= 0.6 is 0 Å². The second-order valence-electron chi connectivity index (χ2n) is 8.36. The summed E-state index contributed by atoms with van der Waals surface area (Å²) >= 11 is 0. The second-order valence-corrected chi connectivity index (χ2v) is 8.36. The molecule has 2 aliphatic rings. The Morgan fingerprint density at radius 3 is 2.88 bits per heavy atom. The van der Waals surface area contributed by atoms with Gasteiger partial charge in [0.25, 0.3) is 0 Å². The lowest BCUT2D eigenvalue weighted by Crippen LogP contribution is -2.46. The number of hydrogen-bond donors (Lipinski definition) is 2. The molecule has 2 saturated heterocycles. The van der Waals surface area contributed by atoms with E-state index in [0.717, 1.165) is 11.1 Å². The van der Waals surface area contributed by atoms with Gasteiger partial charge in [0.05, 0.1) is 36.9 Å². The molecule has 2 fully saturated rings. The molecule has 0 spiro atoms. The summed E-state index contributed by atoms with van der Waals surface area (Å²) in [7, 11) is 1.68. The summed E-state index contributed by atoms with van der Waals surface area (Å²) in [6, 6.07) is 4.91. The summed E-state index contributed by atoms with van der Waals surface area (Å²) in [5, 5.41) is 11.4. The van der Waals surface area contributed by atoms with Crippen molar-refractivity contribution in [1.29, 1.82) is 0 Å². The SMILES string of the molecule is Cn1c(=O)n(C2CCC(=O)NC2=O)c2cccc(CCCOC[C@H]3CN(C(=O)O)CCO3)c21. The molecule has 33 heavy (non-hydrogen) atoms. The van der Waals surface area contributed by atoms with E-state index in [1.165, 1.54) is 9.47 Å². The third kappa shape index (κ3) is 4.79. The second kappa shape index (κ2) is 9.75. The Bertz CT molecular complexity index is 1120. The molecule has 3 heterocycles. The number of ether oxygens (including phenoxy) is 2. The molecule has 11 heteroatoms. The van der Waals surface area contributed by atoms with Crippen molar-refractivity contribution in [3.05, 3.63) is 34.2 Å². The largest absolute Gasteiger partial charge is 0.465 e. The molecule has 0 bridgehead atoms. The van der Waals surface area contributed by atoms with Gasteiger partial charge in [-0.25, -0.2) is 9.59 Å². The van der Waals surface area contributed by atoms with Crippen LogP contribution in [-0.4, -0.2) is 76.1 Å². The standard InChI is InChI=1S/C22H28N4O7/c1-24-19-14(5-3-10-32-13-15-12-25(22(30)31)9-11-33-15)4-2-6-16(19)26(21(24)29)17-7-8-18(27)23-20(17)28/h2,4,6,15,17H,3,5,7-13H2,1H3,(H,30,31)(H,23,27,28)/t15-,17?/m1/s1. The van der Waals surface area contributed by atoms with Gasteiger partial charge in [-0.2, -0.15) is 0 Å². The highest BCUT2D eigenvalue weighted by Gasteiger charge is 2.31. The van der Waals surface area contributed by atoms with Crippen molar-refractivity contribution in [2.45, 2.75) is 37.8 Å². The maximum absolute atomic E-state index is 13.0. The van der Waals surface area contributed by atoms with Crippen LogP contribution in [0.5, 0.6) is 0 Å². The minimum absolute atomic E-state index is 0.200. The van der Waals surface area contributed by atoms with Gasteiger partial charge >= 0.3 is 11.8 Å². The van der Waals surface area contributed by atoms with Crippen LogP contribution in [0.4, 0.5) is 4.79 Å². The molecule has 1 aromatic carbocycles. The Morgan fingerprint density at radius 1 is 1.30 bits per heavy atom. The van der Waals surface area contributed by atoms with Crippen LogP contribution in [0.1, 0.15) is 30.9 Å². The number of morpholine rings is 1. The van der Waals surface area contributed by atoms with E-state index in [1.807, 2.05) is 18.2 Å². The van der Waals surface area contributed by atoms with E-state index in [1.54, 1.807) is 11.6 Å². The van der Waals surface area contributed by atoms with Crippen molar-refractivity contribution >= 4 is 28.9 Å². The molecule has 0 saturated carbocycles. The number of aryl methyl sites for hydroxylation is 2. The number of nitrogens with one attached hydrogen (secondary N) is 1. The zero-order chi connectivity index (χ0) is 23.5. The molecule has 2 N–H and O–H groups in total. The molecule has 11 nitrogen and oxygen atoms in total. The lowest BCUT2D eigenvalue weighted by molar-refractivity contribution is -0.135. The minimum atomic E-state index is -0.953. The highest BCUT2D eigenvalue weighted by molar-refractivity contribution is 6.00. The van der Waals surface area contributed by atoms with Gasteiger partial charge in [-0.05, 0) is 30.9 Å². The molecule has 0 radical (unpaired) electrons. The van der Waals surface area contributed by atoms with Crippen LogP contribution in [0.25, 0.3) is 11.0 Å². The van der Waals surface area contributed by atoms with Crippen molar-refractivity contribution < 1.29 is 29.0 Å². The topological polar surface area (TPSA) is 132 Å². The molecular weight excluding hydrogens is 432 g/mol. The maximum Gasteiger partial charge on any atom is 0.407 e. The van der Waals surface area contributed by atoms with Gasteiger partial charge in [0, 0.05) is 26.6 Å². The lowest BCUT2D eigenvalue weighted by atomic mass is 10.0. The number of piperidine rings is 1. The fourth-order valence-electron chi connectivity index (χ4n) is 4.52. The first kappa shape index (κ1) is 23.0. The summed E-state index contributed by atoms with van der Waals surface area (Å²) < 4.78 is 14.3. The number of carbonyl (C=O) groups excluding carboxylic acids is 2. The Morgan fingerprint density at radius 2 is 2.12 bits per heavy atom. The first-order chi connectivity index (χ1) is 15.9. The Labute approximate surface area is 189 Å². The molecule has 1 aromatic heterocycles. The minimum Gasteiger partial charge on any atom is -0.465 e. The van der Waals surface area contributed by atoms with Gasteiger partial charge in [-0.1, -0.05) is 12.1 Å². The van der Waals surface area contributed by atoms with E-state index >= 15 is 0 Å². The van der Waals surface area contributed by atoms with Gasteiger partial charge < -0.3 is 19.5 Å². The van der Waals surface area contributed by atoms with E-state index < -0.39 is 18.0 Å². The number of rotatable bonds is 7. The van der Waals surface area contributed by atoms with Crippen molar-refractivity contribution in [3.63, 3.8) is 0 Å². The number of benzene rings is 1. The summed E-state index contributed by atoms with van der Waals surface area (Å²) in [5.41, 5.74) is 2.10. The average molecular weight is 460 g/mol. The highest BCUT2D eigenvalue weighted by Crippen LogP contribution is 2.25. The van der Waals surface area contributed by atoms with Crippen LogP contribution in [0, 0.1) is 0 Å². The highest BCUT2D eigenvalue weighted by atomic mass is 16.5. The van der Waals surface area contributed by atoms with E-state index in [9.17, 15) is 19.2 Å². The summed E-state index contributed by atoms with van der Waals surface area (Å²) in [6.07, 6.45) is 0.631.